The van der Waals surface area contributed by atoms with Crippen molar-refractivity contribution in [1.29, 1.82) is 0 Å². The molecule has 2 fully saturated rings. The van der Waals surface area contributed by atoms with Crippen molar-refractivity contribution in [3.63, 3.8) is 0 Å². The van der Waals surface area contributed by atoms with Crippen molar-refractivity contribution in [2.45, 2.75) is 25.9 Å². The van der Waals surface area contributed by atoms with Crippen molar-refractivity contribution in [3.05, 3.63) is 0 Å². The SMILES string of the molecule is COC(C)CN1C(=O)NC(=O)C2(CC2)C1=O. The number of hydrogen-bond acceptors (Lipinski definition) is 4. The van der Waals surface area contributed by atoms with Crippen molar-refractivity contribution in [2.24, 2.45) is 5.41 Å². The van der Waals surface area contributed by atoms with Crippen LogP contribution in [0.2, 0.25) is 0 Å². The van der Waals surface area contributed by atoms with Gasteiger partial charge in [-0.05, 0) is 19.8 Å². The molecule has 0 bridgehead atoms. The van der Waals surface area contributed by atoms with Crippen LogP contribution in [0.25, 0.3) is 0 Å². The number of carbonyl (C=O) groups excluding carboxylic acids is 3. The van der Waals surface area contributed by atoms with Gasteiger partial charge in [0.25, 0.3) is 0 Å². The molecule has 1 N–H and O–H groups in total. The first-order valence-corrected chi connectivity index (χ1v) is 5.21. The van der Waals surface area contributed by atoms with Crippen LogP contribution in [-0.4, -0.2) is 42.5 Å². The van der Waals surface area contributed by atoms with E-state index in [9.17, 15) is 14.4 Å². The lowest BCUT2D eigenvalue weighted by molar-refractivity contribution is -0.145. The Hall–Kier alpha value is -1.43. The third-order valence-corrected chi connectivity index (χ3v) is 3.15. The molecular weight excluding hydrogens is 212 g/mol. The van der Waals surface area contributed by atoms with Crippen LogP contribution >= 0.6 is 0 Å². The van der Waals surface area contributed by atoms with Crippen molar-refractivity contribution < 1.29 is 19.1 Å². The van der Waals surface area contributed by atoms with E-state index in [0.717, 1.165) is 4.90 Å². The Morgan fingerprint density at radius 2 is 2.06 bits per heavy atom. The van der Waals surface area contributed by atoms with Gasteiger partial charge in [-0.3, -0.25) is 19.8 Å². The van der Waals surface area contributed by atoms with Crippen molar-refractivity contribution in [1.82, 2.24) is 10.2 Å². The number of nitrogens with zero attached hydrogens (tertiary/aromatic N) is 1. The van der Waals surface area contributed by atoms with E-state index in [0.29, 0.717) is 12.8 Å². The molecule has 0 aromatic heterocycles. The Labute approximate surface area is 92.9 Å². The first kappa shape index (κ1) is 11.1. The molecule has 1 atom stereocenters. The van der Waals surface area contributed by atoms with Gasteiger partial charge in [0.2, 0.25) is 11.8 Å². The Kier molecular flexibility index (Phi) is 2.46. The third kappa shape index (κ3) is 1.49. The minimum absolute atomic E-state index is 0.177. The number of methoxy groups -OCH3 is 1. The van der Waals surface area contributed by atoms with Crippen LogP contribution in [0.3, 0.4) is 0 Å². The molecule has 16 heavy (non-hydrogen) atoms. The molecule has 1 spiro atoms. The van der Waals surface area contributed by atoms with Crippen molar-refractivity contribution in [3.8, 4) is 0 Å². The number of imide groups is 2. The predicted molar refractivity (Wildman–Crippen MR) is 53.4 cm³/mol. The largest absolute Gasteiger partial charge is 0.380 e. The van der Waals surface area contributed by atoms with Gasteiger partial charge in [-0.1, -0.05) is 0 Å². The minimum Gasteiger partial charge on any atom is -0.380 e. The summed E-state index contributed by atoms with van der Waals surface area (Å²) in [5, 5.41) is 2.21. The van der Waals surface area contributed by atoms with E-state index < -0.39 is 17.4 Å². The van der Waals surface area contributed by atoms with Gasteiger partial charge in [-0.2, -0.15) is 0 Å². The molecule has 1 saturated carbocycles. The highest BCUT2D eigenvalue weighted by atomic mass is 16.5. The van der Waals surface area contributed by atoms with E-state index in [2.05, 4.69) is 5.32 Å². The van der Waals surface area contributed by atoms with Gasteiger partial charge in [0.1, 0.15) is 5.41 Å². The van der Waals surface area contributed by atoms with Gasteiger partial charge in [0.05, 0.1) is 12.6 Å². The third-order valence-electron chi connectivity index (χ3n) is 3.15. The Balaban J connectivity index is 2.15. The maximum Gasteiger partial charge on any atom is 0.330 e. The molecule has 0 radical (unpaired) electrons. The molecule has 1 saturated heterocycles. The second kappa shape index (κ2) is 3.55. The second-order valence-electron chi connectivity index (χ2n) is 4.30. The number of nitrogens with one attached hydrogen (secondary N) is 1. The van der Waals surface area contributed by atoms with E-state index in [1.807, 2.05) is 0 Å². The first-order chi connectivity index (χ1) is 7.51. The summed E-state index contributed by atoms with van der Waals surface area (Å²) in [7, 11) is 1.51. The zero-order valence-corrected chi connectivity index (χ0v) is 9.28. The van der Waals surface area contributed by atoms with Gasteiger partial charge in [0.15, 0.2) is 0 Å². The Morgan fingerprint density at radius 3 is 2.56 bits per heavy atom. The topological polar surface area (TPSA) is 75.7 Å². The van der Waals surface area contributed by atoms with Gasteiger partial charge >= 0.3 is 6.03 Å². The fourth-order valence-electron chi connectivity index (χ4n) is 1.80. The van der Waals surface area contributed by atoms with Crippen molar-refractivity contribution >= 4 is 17.8 Å². The number of urea groups is 1. The normalized spacial score (nSPS) is 24.6. The molecule has 6 nitrogen and oxygen atoms in total. The van der Waals surface area contributed by atoms with Crippen LogP contribution in [-0.2, 0) is 14.3 Å². The quantitative estimate of drug-likeness (QED) is 0.681. The molecule has 1 unspecified atom stereocenters. The molecule has 1 aliphatic heterocycles. The van der Waals surface area contributed by atoms with Gasteiger partial charge in [0, 0.05) is 7.11 Å². The van der Waals surface area contributed by atoms with Gasteiger partial charge < -0.3 is 4.74 Å². The molecule has 1 heterocycles. The minimum atomic E-state index is -0.957. The summed E-state index contributed by atoms with van der Waals surface area (Å²) < 4.78 is 5.01. The van der Waals surface area contributed by atoms with Crippen LogP contribution in [0.15, 0.2) is 0 Å². The molecule has 1 aliphatic carbocycles. The lowest BCUT2D eigenvalue weighted by atomic mass is 10.0. The molecule has 88 valence electrons. The van der Waals surface area contributed by atoms with Crippen LogP contribution in [0.4, 0.5) is 4.79 Å². The molecule has 2 rings (SSSR count). The molecule has 4 amide bonds. The second-order valence-corrected chi connectivity index (χ2v) is 4.30. The van der Waals surface area contributed by atoms with Crippen molar-refractivity contribution in [2.75, 3.05) is 13.7 Å². The lowest BCUT2D eigenvalue weighted by Gasteiger charge is -2.31. The lowest BCUT2D eigenvalue weighted by Crippen LogP contribution is -2.60. The number of carbonyl (C=O) groups is 3. The number of hydrogen-bond donors (Lipinski definition) is 1. The summed E-state index contributed by atoms with van der Waals surface area (Å²) in [5.74, 6) is -0.839. The fraction of sp³-hybridized carbons (Fsp3) is 0.700. The summed E-state index contributed by atoms with van der Waals surface area (Å²) in [4.78, 5) is 36.0. The summed E-state index contributed by atoms with van der Waals surface area (Å²) in [6, 6.07) is -0.642. The van der Waals surface area contributed by atoms with E-state index >= 15 is 0 Å². The number of barbiturate groups is 1. The summed E-state index contributed by atoms with van der Waals surface area (Å²) in [6.07, 6.45) is 0.824. The average molecular weight is 226 g/mol. The Morgan fingerprint density at radius 1 is 1.44 bits per heavy atom. The molecule has 2 aliphatic rings. The molecule has 0 aromatic rings. The highest BCUT2D eigenvalue weighted by molar-refractivity contribution is 6.20. The first-order valence-electron chi connectivity index (χ1n) is 5.21. The van der Waals surface area contributed by atoms with E-state index in [-0.39, 0.29) is 18.6 Å². The number of ether oxygens (including phenoxy) is 1. The summed E-state index contributed by atoms with van der Waals surface area (Å²) in [5.41, 5.74) is -0.957. The molecule has 0 aromatic carbocycles. The zero-order chi connectivity index (χ0) is 11.9. The maximum absolute atomic E-state index is 12.0. The van der Waals surface area contributed by atoms with Crippen LogP contribution in [0.1, 0.15) is 19.8 Å². The van der Waals surface area contributed by atoms with E-state index in [4.69, 9.17) is 4.74 Å². The highest BCUT2D eigenvalue weighted by Crippen LogP contribution is 2.48. The zero-order valence-electron chi connectivity index (χ0n) is 9.28. The van der Waals surface area contributed by atoms with Crippen LogP contribution in [0.5, 0.6) is 0 Å². The Bertz CT molecular complexity index is 362. The van der Waals surface area contributed by atoms with Crippen LogP contribution in [0, 0.1) is 5.41 Å². The van der Waals surface area contributed by atoms with E-state index in [1.165, 1.54) is 7.11 Å². The van der Waals surface area contributed by atoms with E-state index in [1.54, 1.807) is 6.92 Å². The molecular formula is C10H14N2O4. The van der Waals surface area contributed by atoms with Crippen LogP contribution < -0.4 is 5.32 Å². The van der Waals surface area contributed by atoms with Gasteiger partial charge in [-0.15, -0.1) is 0 Å². The standard InChI is InChI=1S/C10H14N2O4/c1-6(16-2)5-12-8(14)10(3-4-10)7(13)11-9(12)15/h6H,3-5H2,1-2H3,(H,11,13,15). The summed E-state index contributed by atoms with van der Waals surface area (Å²) in [6.45, 7) is 1.94. The summed E-state index contributed by atoms with van der Waals surface area (Å²) >= 11 is 0. The predicted octanol–water partition coefficient (Wildman–Crippen LogP) is -0.120. The number of rotatable bonds is 3. The fourth-order valence-corrected chi connectivity index (χ4v) is 1.80. The smallest absolute Gasteiger partial charge is 0.330 e. The average Bonchev–Trinajstić information content (AvgIpc) is 3.03. The monoisotopic (exact) mass is 226 g/mol. The maximum atomic E-state index is 12.0. The highest BCUT2D eigenvalue weighted by Gasteiger charge is 2.62. The van der Waals surface area contributed by atoms with Gasteiger partial charge in [-0.25, -0.2) is 4.79 Å². The molecule has 6 heteroatoms. The number of amides is 4.